The summed E-state index contributed by atoms with van der Waals surface area (Å²) >= 11 is 0. The van der Waals surface area contributed by atoms with E-state index in [9.17, 15) is 0 Å². The topological polar surface area (TPSA) is 42.7 Å². The third-order valence-electron chi connectivity index (χ3n) is 3.87. The first-order chi connectivity index (χ1) is 9.43. The summed E-state index contributed by atoms with van der Waals surface area (Å²) in [7, 11) is 0. The zero-order valence-electron chi connectivity index (χ0n) is 11.1. The van der Waals surface area contributed by atoms with Gasteiger partial charge in [0.15, 0.2) is 0 Å². The van der Waals surface area contributed by atoms with E-state index in [1.54, 1.807) is 11.8 Å². The molecule has 0 aliphatic heterocycles. The average molecular weight is 256 g/mol. The predicted molar refractivity (Wildman–Crippen MR) is 75.0 cm³/mol. The number of rotatable bonds is 5. The van der Waals surface area contributed by atoms with Gasteiger partial charge in [-0.3, -0.25) is 4.68 Å². The van der Waals surface area contributed by atoms with E-state index in [1.165, 1.54) is 24.8 Å². The highest BCUT2D eigenvalue weighted by Crippen LogP contribution is 2.30. The van der Waals surface area contributed by atoms with Gasteiger partial charge in [0.05, 0.1) is 12.7 Å². The first kappa shape index (κ1) is 12.4. The van der Waals surface area contributed by atoms with Gasteiger partial charge < -0.3 is 5.32 Å². The van der Waals surface area contributed by atoms with Crippen LogP contribution < -0.4 is 5.32 Å². The molecule has 4 nitrogen and oxygen atoms in total. The smallest absolute Gasteiger partial charge is 0.0692 e. The van der Waals surface area contributed by atoms with Crippen LogP contribution in [0.3, 0.4) is 0 Å². The Morgan fingerprint density at radius 3 is 3.16 bits per heavy atom. The summed E-state index contributed by atoms with van der Waals surface area (Å²) in [6.45, 7) is 2.89. The fourth-order valence-electron chi connectivity index (χ4n) is 2.89. The number of aromatic nitrogens is 3. The number of hydrogen-bond acceptors (Lipinski definition) is 3. The molecule has 0 radical (unpaired) electrons. The van der Waals surface area contributed by atoms with Crippen LogP contribution in [0.1, 0.15) is 29.9 Å². The Hall–Kier alpha value is -1.68. The highest BCUT2D eigenvalue weighted by Gasteiger charge is 2.18. The molecule has 100 valence electrons. The van der Waals surface area contributed by atoms with Gasteiger partial charge in [-0.1, -0.05) is 29.5 Å². The summed E-state index contributed by atoms with van der Waals surface area (Å²) in [6.07, 6.45) is 7.47. The molecule has 0 spiro atoms. The van der Waals surface area contributed by atoms with E-state index in [0.717, 1.165) is 19.6 Å². The largest absolute Gasteiger partial charge is 0.314 e. The van der Waals surface area contributed by atoms with Crippen molar-refractivity contribution in [3.8, 4) is 0 Å². The molecule has 3 rings (SSSR count). The number of nitrogens with one attached hydrogen (secondary N) is 1. The van der Waals surface area contributed by atoms with Gasteiger partial charge in [0.2, 0.25) is 0 Å². The predicted octanol–water partition coefficient (Wildman–Crippen LogP) is 1.99. The Kier molecular flexibility index (Phi) is 3.89. The van der Waals surface area contributed by atoms with Crippen LogP contribution in [0.2, 0.25) is 0 Å². The molecule has 1 unspecified atom stereocenters. The molecular formula is C15H20N4. The standard InChI is InChI=1S/C15H20N4/c1-2-7-15-13(4-1)5-3-6-14(15)12-16-8-10-19-11-9-17-18-19/h1-2,4,7,9,11,14,16H,3,5-6,8,10,12H2. The lowest BCUT2D eigenvalue weighted by atomic mass is 9.83. The SMILES string of the molecule is c1ccc2c(c1)CCCC2CNCCn1ccnn1. The molecular weight excluding hydrogens is 236 g/mol. The van der Waals surface area contributed by atoms with E-state index in [4.69, 9.17) is 0 Å². The number of nitrogens with zero attached hydrogens (tertiary/aromatic N) is 3. The maximum atomic E-state index is 3.96. The molecule has 4 heteroatoms. The Labute approximate surface area is 113 Å². The van der Waals surface area contributed by atoms with Gasteiger partial charge in [-0.2, -0.15) is 0 Å². The van der Waals surface area contributed by atoms with Crippen LogP contribution in [-0.2, 0) is 13.0 Å². The number of benzene rings is 1. The van der Waals surface area contributed by atoms with Crippen molar-refractivity contribution in [2.24, 2.45) is 0 Å². The summed E-state index contributed by atoms with van der Waals surface area (Å²) in [6, 6.07) is 8.88. The van der Waals surface area contributed by atoms with Crippen molar-refractivity contribution in [2.45, 2.75) is 31.7 Å². The lowest BCUT2D eigenvalue weighted by molar-refractivity contribution is 0.480. The first-order valence-corrected chi connectivity index (χ1v) is 7.06. The third-order valence-corrected chi connectivity index (χ3v) is 3.87. The summed E-state index contributed by atoms with van der Waals surface area (Å²) < 4.78 is 1.86. The summed E-state index contributed by atoms with van der Waals surface area (Å²) in [5.74, 6) is 0.667. The highest BCUT2D eigenvalue weighted by atomic mass is 15.4. The minimum absolute atomic E-state index is 0.667. The lowest BCUT2D eigenvalue weighted by Crippen LogP contribution is -2.27. The van der Waals surface area contributed by atoms with Crippen LogP contribution in [0.4, 0.5) is 0 Å². The Bertz CT molecular complexity index is 507. The van der Waals surface area contributed by atoms with Crippen LogP contribution in [0.25, 0.3) is 0 Å². The maximum absolute atomic E-state index is 3.96. The quantitative estimate of drug-likeness (QED) is 0.832. The van der Waals surface area contributed by atoms with Crippen molar-refractivity contribution >= 4 is 0 Å². The van der Waals surface area contributed by atoms with E-state index >= 15 is 0 Å². The van der Waals surface area contributed by atoms with Gasteiger partial charge in [-0.15, -0.1) is 5.10 Å². The zero-order chi connectivity index (χ0) is 12.9. The van der Waals surface area contributed by atoms with Gasteiger partial charge in [-0.25, -0.2) is 0 Å². The second-order valence-electron chi connectivity index (χ2n) is 5.16. The molecule has 1 N–H and O–H groups in total. The van der Waals surface area contributed by atoms with Crippen molar-refractivity contribution in [3.63, 3.8) is 0 Å². The molecule has 2 aromatic rings. The minimum Gasteiger partial charge on any atom is -0.314 e. The molecule has 0 fully saturated rings. The second-order valence-corrected chi connectivity index (χ2v) is 5.16. The van der Waals surface area contributed by atoms with Crippen LogP contribution in [0, 0.1) is 0 Å². The zero-order valence-corrected chi connectivity index (χ0v) is 11.1. The maximum Gasteiger partial charge on any atom is 0.0692 e. The van der Waals surface area contributed by atoms with Gasteiger partial charge in [0.1, 0.15) is 0 Å². The van der Waals surface area contributed by atoms with Crippen molar-refractivity contribution in [1.82, 2.24) is 20.3 Å². The van der Waals surface area contributed by atoms with E-state index in [0.29, 0.717) is 5.92 Å². The minimum atomic E-state index is 0.667. The monoisotopic (exact) mass is 256 g/mol. The van der Waals surface area contributed by atoms with Crippen LogP contribution in [-0.4, -0.2) is 28.1 Å². The average Bonchev–Trinajstić information content (AvgIpc) is 2.97. The van der Waals surface area contributed by atoms with Gasteiger partial charge in [-0.05, 0) is 36.3 Å². The summed E-state index contributed by atoms with van der Waals surface area (Å²) in [5.41, 5.74) is 3.08. The Morgan fingerprint density at radius 2 is 2.26 bits per heavy atom. The van der Waals surface area contributed by atoms with Crippen molar-refractivity contribution in [3.05, 3.63) is 47.8 Å². The molecule has 1 aromatic heterocycles. The molecule has 1 aromatic carbocycles. The highest BCUT2D eigenvalue weighted by molar-refractivity contribution is 5.32. The van der Waals surface area contributed by atoms with Gasteiger partial charge in [0.25, 0.3) is 0 Å². The van der Waals surface area contributed by atoms with Crippen molar-refractivity contribution in [2.75, 3.05) is 13.1 Å². The molecule has 1 aliphatic rings. The number of fused-ring (bicyclic) bond motifs is 1. The summed E-state index contributed by atoms with van der Waals surface area (Å²) in [4.78, 5) is 0. The van der Waals surface area contributed by atoms with Gasteiger partial charge in [0, 0.05) is 19.3 Å². The fourth-order valence-corrected chi connectivity index (χ4v) is 2.89. The number of hydrogen-bond donors (Lipinski definition) is 1. The van der Waals surface area contributed by atoms with Crippen LogP contribution >= 0.6 is 0 Å². The van der Waals surface area contributed by atoms with Gasteiger partial charge >= 0.3 is 0 Å². The molecule has 0 saturated heterocycles. The van der Waals surface area contributed by atoms with Crippen molar-refractivity contribution in [1.29, 1.82) is 0 Å². The Morgan fingerprint density at radius 1 is 1.32 bits per heavy atom. The molecule has 1 aliphatic carbocycles. The molecule has 19 heavy (non-hydrogen) atoms. The fraction of sp³-hybridized carbons (Fsp3) is 0.467. The lowest BCUT2D eigenvalue weighted by Gasteiger charge is -2.25. The number of aryl methyl sites for hydroxylation is 1. The van der Waals surface area contributed by atoms with E-state index in [2.05, 4.69) is 39.9 Å². The summed E-state index contributed by atoms with van der Waals surface area (Å²) in [5, 5.41) is 11.3. The van der Waals surface area contributed by atoms with E-state index in [1.807, 2.05) is 10.9 Å². The van der Waals surface area contributed by atoms with Crippen LogP contribution in [0.5, 0.6) is 0 Å². The third kappa shape index (κ3) is 3.01. The normalized spacial score (nSPS) is 18.2. The van der Waals surface area contributed by atoms with E-state index in [-0.39, 0.29) is 0 Å². The molecule has 0 bridgehead atoms. The second kappa shape index (κ2) is 5.97. The Balaban J connectivity index is 1.51. The van der Waals surface area contributed by atoms with Crippen molar-refractivity contribution < 1.29 is 0 Å². The first-order valence-electron chi connectivity index (χ1n) is 7.06. The van der Waals surface area contributed by atoms with E-state index < -0.39 is 0 Å². The van der Waals surface area contributed by atoms with Crippen LogP contribution in [0.15, 0.2) is 36.7 Å². The molecule has 0 amide bonds. The molecule has 1 heterocycles. The molecule has 1 atom stereocenters. The molecule has 0 saturated carbocycles.